The van der Waals surface area contributed by atoms with Crippen LogP contribution >= 0.6 is 23.4 Å². The first kappa shape index (κ1) is 20.5. The molecule has 9 nitrogen and oxygen atoms in total. The highest BCUT2D eigenvalue weighted by Crippen LogP contribution is 2.25. The SMILES string of the molecule is CC(=O)Nc1ccc(-c2nc(SCC(=O)c3cc([N+](=O)[O-])ccc3Cl)n[nH]2)cc1. The summed E-state index contributed by atoms with van der Waals surface area (Å²) >= 11 is 7.07. The van der Waals surface area contributed by atoms with E-state index in [4.69, 9.17) is 11.6 Å². The van der Waals surface area contributed by atoms with Crippen LogP contribution in [-0.2, 0) is 4.79 Å². The quantitative estimate of drug-likeness (QED) is 0.250. The van der Waals surface area contributed by atoms with Crippen LogP contribution in [0.2, 0.25) is 5.02 Å². The molecule has 1 amide bonds. The molecule has 148 valence electrons. The molecule has 0 aliphatic heterocycles. The fourth-order valence-corrected chi connectivity index (χ4v) is 3.31. The summed E-state index contributed by atoms with van der Waals surface area (Å²) in [7, 11) is 0. The molecule has 29 heavy (non-hydrogen) atoms. The molecule has 3 rings (SSSR count). The molecule has 0 bridgehead atoms. The van der Waals surface area contributed by atoms with Gasteiger partial charge in [-0.15, -0.1) is 5.10 Å². The van der Waals surface area contributed by atoms with E-state index in [1.807, 2.05) is 0 Å². The van der Waals surface area contributed by atoms with Crippen LogP contribution in [0.25, 0.3) is 11.4 Å². The number of nitro groups is 1. The van der Waals surface area contributed by atoms with Gasteiger partial charge in [0.05, 0.1) is 15.7 Å². The Labute approximate surface area is 174 Å². The van der Waals surface area contributed by atoms with Crippen LogP contribution in [0.1, 0.15) is 17.3 Å². The smallest absolute Gasteiger partial charge is 0.270 e. The molecule has 0 saturated heterocycles. The van der Waals surface area contributed by atoms with Crippen molar-refractivity contribution in [1.82, 2.24) is 15.2 Å². The fourth-order valence-electron chi connectivity index (χ4n) is 2.40. The lowest BCUT2D eigenvalue weighted by Gasteiger charge is -2.02. The number of amides is 1. The van der Waals surface area contributed by atoms with Crippen molar-refractivity contribution in [3.63, 3.8) is 0 Å². The van der Waals surface area contributed by atoms with Crippen LogP contribution in [0.3, 0.4) is 0 Å². The first-order valence-electron chi connectivity index (χ1n) is 8.24. The summed E-state index contributed by atoms with van der Waals surface area (Å²) in [5, 5.41) is 20.9. The summed E-state index contributed by atoms with van der Waals surface area (Å²) in [6.07, 6.45) is 0. The Bertz CT molecular complexity index is 1080. The molecule has 0 spiro atoms. The van der Waals surface area contributed by atoms with Crippen LogP contribution in [0.4, 0.5) is 11.4 Å². The van der Waals surface area contributed by atoms with Crippen molar-refractivity contribution in [3.05, 3.63) is 63.2 Å². The van der Waals surface area contributed by atoms with Crippen LogP contribution in [0, 0.1) is 10.1 Å². The third kappa shape index (κ3) is 5.18. The molecule has 0 aliphatic carbocycles. The van der Waals surface area contributed by atoms with Crippen LogP contribution < -0.4 is 5.32 Å². The van der Waals surface area contributed by atoms with E-state index in [9.17, 15) is 19.7 Å². The molecule has 1 heterocycles. The van der Waals surface area contributed by atoms with Crippen molar-refractivity contribution in [2.24, 2.45) is 0 Å². The molecule has 2 N–H and O–H groups in total. The van der Waals surface area contributed by atoms with Crippen LogP contribution in [0.5, 0.6) is 0 Å². The van der Waals surface area contributed by atoms with Gasteiger partial charge in [0.2, 0.25) is 11.1 Å². The van der Waals surface area contributed by atoms with Crippen LogP contribution in [-0.4, -0.2) is 37.5 Å². The number of nitrogens with zero attached hydrogens (tertiary/aromatic N) is 3. The maximum Gasteiger partial charge on any atom is 0.270 e. The number of benzene rings is 2. The number of aromatic amines is 1. The Morgan fingerprint density at radius 2 is 1.97 bits per heavy atom. The molecule has 2 aromatic carbocycles. The highest BCUT2D eigenvalue weighted by molar-refractivity contribution is 7.99. The summed E-state index contributed by atoms with van der Waals surface area (Å²) in [4.78, 5) is 38.1. The summed E-state index contributed by atoms with van der Waals surface area (Å²) in [5.74, 6) is -0.0540. The standard InChI is InChI=1S/C18H14ClN5O4S/c1-10(25)20-12-4-2-11(3-5-12)17-21-18(23-22-17)29-9-16(26)14-8-13(24(27)28)6-7-15(14)19/h2-8H,9H2,1H3,(H,20,25)(H,21,22,23). The summed E-state index contributed by atoms with van der Waals surface area (Å²) in [6, 6.07) is 10.7. The lowest BCUT2D eigenvalue weighted by molar-refractivity contribution is -0.384. The van der Waals surface area contributed by atoms with E-state index < -0.39 is 4.92 Å². The topological polar surface area (TPSA) is 131 Å². The number of anilines is 1. The van der Waals surface area contributed by atoms with Crippen molar-refractivity contribution < 1.29 is 14.5 Å². The van der Waals surface area contributed by atoms with Gasteiger partial charge in [-0.2, -0.15) is 0 Å². The second kappa shape index (κ2) is 8.84. The maximum absolute atomic E-state index is 12.4. The number of carbonyl (C=O) groups excluding carboxylic acids is 2. The van der Waals surface area contributed by atoms with Gasteiger partial charge in [-0.25, -0.2) is 4.98 Å². The minimum Gasteiger partial charge on any atom is -0.326 e. The molecular formula is C18H14ClN5O4S. The number of H-pyrrole nitrogens is 1. The Hall–Kier alpha value is -3.24. The number of hydrogen-bond acceptors (Lipinski definition) is 7. The second-order valence-electron chi connectivity index (χ2n) is 5.86. The van der Waals surface area contributed by atoms with Crippen molar-refractivity contribution in [1.29, 1.82) is 0 Å². The number of hydrogen-bond donors (Lipinski definition) is 2. The van der Waals surface area contributed by atoms with E-state index in [-0.39, 0.29) is 33.7 Å². The van der Waals surface area contributed by atoms with E-state index in [1.165, 1.54) is 19.1 Å². The number of Topliss-reactive ketones (excluding diaryl/α,β-unsaturated/α-hetero) is 1. The number of thioether (sulfide) groups is 1. The molecule has 1 aromatic heterocycles. The fraction of sp³-hybridized carbons (Fsp3) is 0.111. The monoisotopic (exact) mass is 431 g/mol. The molecule has 0 aliphatic rings. The third-order valence-corrected chi connectivity index (χ3v) is 4.91. The maximum atomic E-state index is 12.4. The predicted molar refractivity (Wildman–Crippen MR) is 109 cm³/mol. The third-order valence-electron chi connectivity index (χ3n) is 3.74. The molecular weight excluding hydrogens is 418 g/mol. The first-order chi connectivity index (χ1) is 13.8. The zero-order valence-corrected chi connectivity index (χ0v) is 16.6. The molecule has 11 heteroatoms. The number of nitro benzene ring substituents is 1. The molecule has 3 aromatic rings. The highest BCUT2D eigenvalue weighted by Gasteiger charge is 2.17. The molecule has 0 saturated carbocycles. The van der Waals surface area contributed by atoms with Gasteiger partial charge in [0.25, 0.3) is 5.69 Å². The zero-order valence-electron chi connectivity index (χ0n) is 15.0. The van der Waals surface area contributed by atoms with E-state index >= 15 is 0 Å². The number of carbonyl (C=O) groups is 2. The van der Waals surface area contributed by atoms with Gasteiger partial charge in [0, 0.05) is 35.9 Å². The molecule has 0 radical (unpaired) electrons. The zero-order chi connectivity index (χ0) is 21.0. The van der Waals surface area contributed by atoms with E-state index in [2.05, 4.69) is 20.5 Å². The lowest BCUT2D eigenvalue weighted by atomic mass is 10.1. The molecule has 0 fully saturated rings. The minimum atomic E-state index is -0.584. The number of halogens is 1. The van der Waals surface area contributed by atoms with E-state index in [0.29, 0.717) is 16.7 Å². The van der Waals surface area contributed by atoms with E-state index in [1.54, 1.807) is 24.3 Å². The van der Waals surface area contributed by atoms with Crippen molar-refractivity contribution >= 4 is 46.4 Å². The van der Waals surface area contributed by atoms with Gasteiger partial charge in [-0.1, -0.05) is 23.4 Å². The van der Waals surface area contributed by atoms with Crippen molar-refractivity contribution in [3.8, 4) is 11.4 Å². The Morgan fingerprint density at radius 1 is 1.24 bits per heavy atom. The number of nitrogens with one attached hydrogen (secondary N) is 2. The van der Waals surface area contributed by atoms with Crippen LogP contribution in [0.15, 0.2) is 47.6 Å². The number of ketones is 1. The van der Waals surface area contributed by atoms with Crippen molar-refractivity contribution in [2.75, 3.05) is 11.1 Å². The van der Waals surface area contributed by atoms with Crippen molar-refractivity contribution in [2.45, 2.75) is 12.1 Å². The van der Waals surface area contributed by atoms with Gasteiger partial charge in [0.15, 0.2) is 11.6 Å². The Kier molecular flexibility index (Phi) is 6.25. The van der Waals surface area contributed by atoms with Gasteiger partial charge >= 0.3 is 0 Å². The Balaban J connectivity index is 1.66. The molecule has 0 atom stereocenters. The summed E-state index contributed by atoms with van der Waals surface area (Å²) in [5.41, 5.74) is 1.30. The summed E-state index contributed by atoms with van der Waals surface area (Å²) in [6.45, 7) is 1.43. The minimum absolute atomic E-state index is 0.0281. The second-order valence-corrected chi connectivity index (χ2v) is 7.21. The number of non-ortho nitro benzene ring substituents is 1. The van der Waals surface area contributed by atoms with Gasteiger partial charge < -0.3 is 5.32 Å². The normalized spacial score (nSPS) is 10.6. The van der Waals surface area contributed by atoms with Gasteiger partial charge in [-0.05, 0) is 30.3 Å². The number of aromatic nitrogens is 3. The van der Waals surface area contributed by atoms with E-state index in [0.717, 1.165) is 23.4 Å². The average Bonchev–Trinajstić information content (AvgIpc) is 3.15. The predicted octanol–water partition coefficient (Wildman–Crippen LogP) is 3.97. The lowest BCUT2D eigenvalue weighted by Crippen LogP contribution is -2.05. The molecule has 0 unspecified atom stereocenters. The summed E-state index contributed by atoms with van der Waals surface area (Å²) < 4.78 is 0. The number of rotatable bonds is 7. The van der Waals surface area contributed by atoms with Gasteiger partial charge in [-0.3, -0.25) is 24.8 Å². The average molecular weight is 432 g/mol. The van der Waals surface area contributed by atoms with Gasteiger partial charge in [0.1, 0.15) is 0 Å². The first-order valence-corrected chi connectivity index (χ1v) is 9.60. The Morgan fingerprint density at radius 3 is 2.62 bits per heavy atom. The highest BCUT2D eigenvalue weighted by atomic mass is 35.5. The largest absolute Gasteiger partial charge is 0.326 e.